The Bertz CT molecular complexity index is 312. The Morgan fingerprint density at radius 1 is 1.47 bits per heavy atom. The number of hydrogen-bond acceptors (Lipinski definition) is 3. The summed E-state index contributed by atoms with van der Waals surface area (Å²) in [6.45, 7) is 7.36. The molecule has 0 saturated heterocycles. The van der Waals surface area contributed by atoms with Gasteiger partial charge in [-0.1, -0.05) is 0 Å². The first-order valence-electron chi connectivity index (χ1n) is 5.27. The molecule has 15 heavy (non-hydrogen) atoms. The zero-order valence-corrected chi connectivity index (χ0v) is 9.58. The van der Waals surface area contributed by atoms with E-state index in [1.165, 1.54) is 0 Å². The van der Waals surface area contributed by atoms with Crippen LogP contribution in [0.1, 0.15) is 19.4 Å². The first-order chi connectivity index (χ1) is 7.13. The molecule has 2 N–H and O–H groups in total. The maximum absolute atomic E-state index is 9.37. The van der Waals surface area contributed by atoms with Crippen molar-refractivity contribution in [3.05, 3.63) is 23.8 Å². The summed E-state index contributed by atoms with van der Waals surface area (Å²) in [6, 6.07) is 5.77. The number of phenolic OH excluding ortho intramolecular Hbond substituents is 1. The Morgan fingerprint density at radius 3 is 2.80 bits per heavy atom. The molecule has 1 aromatic carbocycles. The highest BCUT2D eigenvalue weighted by Crippen LogP contribution is 2.20. The van der Waals surface area contributed by atoms with Crippen molar-refractivity contribution in [2.24, 2.45) is 0 Å². The summed E-state index contributed by atoms with van der Waals surface area (Å²) in [5, 5.41) is 12.7. The van der Waals surface area contributed by atoms with Crippen LogP contribution in [0, 0.1) is 6.92 Å². The highest BCUT2D eigenvalue weighted by Gasteiger charge is 2.03. The number of nitrogens with one attached hydrogen (secondary N) is 1. The van der Waals surface area contributed by atoms with Gasteiger partial charge in [0.05, 0.1) is 6.61 Å². The number of ether oxygens (including phenoxy) is 1. The second kappa shape index (κ2) is 5.61. The predicted octanol–water partition coefficient (Wildman–Crippen LogP) is 2.54. The van der Waals surface area contributed by atoms with E-state index in [-0.39, 0.29) is 6.04 Å². The second-order valence-electron chi connectivity index (χ2n) is 3.71. The van der Waals surface area contributed by atoms with Crippen LogP contribution in [0.3, 0.4) is 0 Å². The van der Waals surface area contributed by atoms with Crippen LogP contribution >= 0.6 is 0 Å². The lowest BCUT2D eigenvalue weighted by atomic mass is 10.2. The van der Waals surface area contributed by atoms with Crippen molar-refractivity contribution in [1.29, 1.82) is 0 Å². The van der Waals surface area contributed by atoms with Gasteiger partial charge in [-0.05, 0) is 44.5 Å². The van der Waals surface area contributed by atoms with Crippen LogP contribution in [0.25, 0.3) is 0 Å². The van der Waals surface area contributed by atoms with Gasteiger partial charge in [-0.2, -0.15) is 0 Å². The monoisotopic (exact) mass is 209 g/mol. The van der Waals surface area contributed by atoms with Crippen LogP contribution in [0.15, 0.2) is 18.2 Å². The minimum absolute atomic E-state index is 0.272. The molecule has 0 aliphatic heterocycles. The number of hydrogen-bond donors (Lipinski definition) is 2. The summed E-state index contributed by atoms with van der Waals surface area (Å²) in [6.07, 6.45) is 0. The van der Waals surface area contributed by atoms with Gasteiger partial charge in [0.25, 0.3) is 0 Å². The van der Waals surface area contributed by atoms with Crippen molar-refractivity contribution >= 4 is 5.69 Å². The molecule has 1 atom stereocenters. The Hall–Kier alpha value is -1.22. The Balaban J connectivity index is 2.53. The van der Waals surface area contributed by atoms with Gasteiger partial charge in [-0.3, -0.25) is 0 Å². The molecule has 1 aromatic rings. The van der Waals surface area contributed by atoms with Crippen molar-refractivity contribution in [2.45, 2.75) is 26.8 Å². The molecule has 3 heteroatoms. The van der Waals surface area contributed by atoms with E-state index in [9.17, 15) is 5.11 Å². The second-order valence-corrected chi connectivity index (χ2v) is 3.71. The lowest BCUT2D eigenvalue weighted by Gasteiger charge is -2.15. The molecule has 0 radical (unpaired) electrons. The van der Waals surface area contributed by atoms with Crippen molar-refractivity contribution in [3.8, 4) is 5.75 Å². The highest BCUT2D eigenvalue weighted by molar-refractivity contribution is 5.50. The van der Waals surface area contributed by atoms with Crippen LogP contribution in [-0.2, 0) is 4.74 Å². The maximum atomic E-state index is 9.37. The minimum atomic E-state index is 0.272. The maximum Gasteiger partial charge on any atom is 0.118 e. The molecule has 0 heterocycles. The number of anilines is 1. The summed E-state index contributed by atoms with van der Waals surface area (Å²) in [5.74, 6) is 0.331. The van der Waals surface area contributed by atoms with Gasteiger partial charge in [0, 0.05) is 18.3 Å². The highest BCUT2D eigenvalue weighted by atomic mass is 16.5. The number of benzene rings is 1. The zero-order chi connectivity index (χ0) is 11.3. The van der Waals surface area contributed by atoms with E-state index in [1.54, 1.807) is 6.07 Å². The Labute approximate surface area is 91.1 Å². The molecule has 0 aromatic heterocycles. The summed E-state index contributed by atoms with van der Waals surface area (Å²) in [4.78, 5) is 0. The van der Waals surface area contributed by atoms with Crippen molar-refractivity contribution in [1.82, 2.24) is 0 Å². The van der Waals surface area contributed by atoms with E-state index in [0.717, 1.165) is 17.9 Å². The molecule has 0 aliphatic carbocycles. The van der Waals surface area contributed by atoms with E-state index in [0.29, 0.717) is 12.4 Å². The number of rotatable bonds is 5. The average molecular weight is 209 g/mol. The molecule has 0 amide bonds. The number of phenols is 1. The molecule has 0 aliphatic rings. The first kappa shape index (κ1) is 11.9. The van der Waals surface area contributed by atoms with E-state index in [1.807, 2.05) is 26.0 Å². The molecule has 1 unspecified atom stereocenters. The topological polar surface area (TPSA) is 41.5 Å². The molecule has 0 fully saturated rings. The van der Waals surface area contributed by atoms with Gasteiger partial charge in [0.1, 0.15) is 5.75 Å². The third-order valence-corrected chi connectivity index (χ3v) is 2.18. The fraction of sp³-hybridized carbons (Fsp3) is 0.500. The quantitative estimate of drug-likeness (QED) is 0.732. The normalized spacial score (nSPS) is 12.5. The van der Waals surface area contributed by atoms with Gasteiger partial charge in [-0.25, -0.2) is 0 Å². The van der Waals surface area contributed by atoms with E-state index in [2.05, 4.69) is 12.2 Å². The largest absolute Gasteiger partial charge is 0.508 e. The lowest BCUT2D eigenvalue weighted by Crippen LogP contribution is -2.21. The van der Waals surface area contributed by atoms with Crippen molar-refractivity contribution in [3.63, 3.8) is 0 Å². The molecule has 0 spiro atoms. The van der Waals surface area contributed by atoms with Gasteiger partial charge < -0.3 is 15.2 Å². The van der Waals surface area contributed by atoms with Crippen molar-refractivity contribution in [2.75, 3.05) is 18.5 Å². The molecule has 1 rings (SSSR count). The standard InChI is InChI=1S/C12H19NO2/c1-4-15-8-10(3)13-11-5-6-12(14)9(2)7-11/h5-7,10,13-14H,4,8H2,1-3H3. The predicted molar refractivity (Wildman–Crippen MR) is 62.4 cm³/mol. The Morgan fingerprint density at radius 2 is 2.20 bits per heavy atom. The molecule has 84 valence electrons. The number of aryl methyl sites for hydroxylation is 1. The van der Waals surface area contributed by atoms with E-state index in [4.69, 9.17) is 4.74 Å². The summed E-state index contributed by atoms with van der Waals surface area (Å²) in [5.41, 5.74) is 1.89. The van der Waals surface area contributed by atoms with E-state index >= 15 is 0 Å². The molecule has 0 bridgehead atoms. The summed E-state index contributed by atoms with van der Waals surface area (Å²) in [7, 11) is 0. The Kier molecular flexibility index (Phi) is 4.43. The third kappa shape index (κ3) is 3.80. The van der Waals surface area contributed by atoms with Crippen LogP contribution in [0.5, 0.6) is 5.75 Å². The van der Waals surface area contributed by atoms with E-state index < -0.39 is 0 Å². The minimum Gasteiger partial charge on any atom is -0.508 e. The third-order valence-electron chi connectivity index (χ3n) is 2.18. The van der Waals surface area contributed by atoms with Gasteiger partial charge in [0.2, 0.25) is 0 Å². The smallest absolute Gasteiger partial charge is 0.118 e. The molecular formula is C12H19NO2. The fourth-order valence-electron chi connectivity index (χ4n) is 1.37. The summed E-state index contributed by atoms with van der Waals surface area (Å²) < 4.78 is 5.31. The first-order valence-corrected chi connectivity index (χ1v) is 5.27. The zero-order valence-electron chi connectivity index (χ0n) is 9.58. The van der Waals surface area contributed by atoms with Gasteiger partial charge in [-0.15, -0.1) is 0 Å². The molecule has 3 nitrogen and oxygen atoms in total. The number of aromatic hydroxyl groups is 1. The van der Waals surface area contributed by atoms with Crippen molar-refractivity contribution < 1.29 is 9.84 Å². The SMILES string of the molecule is CCOCC(C)Nc1ccc(O)c(C)c1. The average Bonchev–Trinajstić information content (AvgIpc) is 2.20. The van der Waals surface area contributed by atoms with Crippen LogP contribution in [0.4, 0.5) is 5.69 Å². The van der Waals surface area contributed by atoms with Crippen LogP contribution in [-0.4, -0.2) is 24.4 Å². The molecular weight excluding hydrogens is 190 g/mol. The lowest BCUT2D eigenvalue weighted by molar-refractivity contribution is 0.141. The van der Waals surface area contributed by atoms with Crippen LogP contribution in [0.2, 0.25) is 0 Å². The van der Waals surface area contributed by atoms with Gasteiger partial charge in [0.15, 0.2) is 0 Å². The van der Waals surface area contributed by atoms with Crippen LogP contribution < -0.4 is 5.32 Å². The fourth-order valence-corrected chi connectivity index (χ4v) is 1.37. The van der Waals surface area contributed by atoms with Gasteiger partial charge >= 0.3 is 0 Å². The molecule has 0 saturated carbocycles. The summed E-state index contributed by atoms with van der Waals surface area (Å²) >= 11 is 0.